The maximum Gasteiger partial charge on any atom is 0.191 e. The van der Waals surface area contributed by atoms with Crippen LogP contribution in [0.3, 0.4) is 0 Å². The lowest BCUT2D eigenvalue weighted by Gasteiger charge is -2.37. The molecule has 1 unspecified atom stereocenters. The first-order valence-corrected chi connectivity index (χ1v) is 9.65. The Morgan fingerprint density at radius 3 is 2.64 bits per heavy atom. The van der Waals surface area contributed by atoms with Crippen molar-refractivity contribution in [3.63, 3.8) is 0 Å². The second-order valence-corrected chi connectivity index (χ2v) is 7.51. The summed E-state index contributed by atoms with van der Waals surface area (Å²) in [5.74, 6) is 1.45. The zero-order valence-electron chi connectivity index (χ0n) is 15.7. The van der Waals surface area contributed by atoms with Gasteiger partial charge in [0.2, 0.25) is 0 Å². The van der Waals surface area contributed by atoms with Gasteiger partial charge in [-0.05, 0) is 12.8 Å². The van der Waals surface area contributed by atoms with Crippen LogP contribution in [0.15, 0.2) is 10.4 Å². The Hall–Kier alpha value is -0.450. The van der Waals surface area contributed by atoms with E-state index in [-0.39, 0.29) is 24.0 Å². The van der Waals surface area contributed by atoms with E-state index in [0.717, 1.165) is 62.5 Å². The third-order valence-electron chi connectivity index (χ3n) is 4.33. The van der Waals surface area contributed by atoms with Crippen LogP contribution in [0.5, 0.6) is 0 Å². The number of rotatable bonds is 7. The van der Waals surface area contributed by atoms with E-state index in [2.05, 4.69) is 44.7 Å². The second-order valence-electron chi connectivity index (χ2n) is 6.45. The molecular weight excluding hydrogens is 449 g/mol. The predicted octanol–water partition coefficient (Wildman–Crippen LogP) is 2.13. The van der Waals surface area contributed by atoms with Gasteiger partial charge in [0.25, 0.3) is 0 Å². The smallest absolute Gasteiger partial charge is 0.191 e. The number of thiazole rings is 1. The maximum absolute atomic E-state index is 5.47. The van der Waals surface area contributed by atoms with Gasteiger partial charge in [0.05, 0.1) is 23.9 Å². The molecule has 2 rings (SSSR count). The third-order valence-corrected chi connectivity index (χ3v) is 5.15. The Labute approximate surface area is 172 Å². The summed E-state index contributed by atoms with van der Waals surface area (Å²) in [5.41, 5.74) is 1.15. The minimum atomic E-state index is 0. The van der Waals surface area contributed by atoms with E-state index < -0.39 is 0 Å². The molecule has 1 aromatic rings. The second kappa shape index (κ2) is 12.0. The van der Waals surface area contributed by atoms with Crippen molar-refractivity contribution < 1.29 is 4.74 Å². The number of aryl methyl sites for hydroxylation is 1. The molecule has 2 N–H and O–H groups in total. The molecule has 0 amide bonds. The predicted molar refractivity (Wildman–Crippen MR) is 116 cm³/mol. The fraction of sp³-hybridized carbons (Fsp3) is 0.765. The number of guanidine groups is 1. The minimum Gasteiger partial charge on any atom is -0.379 e. The van der Waals surface area contributed by atoms with E-state index in [1.54, 1.807) is 11.3 Å². The molecule has 1 saturated heterocycles. The third kappa shape index (κ3) is 7.76. The summed E-state index contributed by atoms with van der Waals surface area (Å²) in [5, 5.41) is 10.1. The van der Waals surface area contributed by atoms with Gasteiger partial charge in [0, 0.05) is 51.1 Å². The summed E-state index contributed by atoms with van der Waals surface area (Å²) >= 11 is 1.70. The molecule has 0 spiro atoms. The summed E-state index contributed by atoms with van der Waals surface area (Å²) in [6, 6.07) is 0.494. The Morgan fingerprint density at radius 2 is 2.08 bits per heavy atom. The zero-order valence-corrected chi connectivity index (χ0v) is 18.9. The summed E-state index contributed by atoms with van der Waals surface area (Å²) < 4.78 is 5.47. The van der Waals surface area contributed by atoms with Crippen molar-refractivity contribution in [2.75, 3.05) is 46.4 Å². The molecule has 1 aliphatic rings. The number of hydrogen-bond acceptors (Lipinski definition) is 5. The molecule has 1 atom stereocenters. The van der Waals surface area contributed by atoms with Gasteiger partial charge in [-0.3, -0.25) is 9.89 Å². The number of aliphatic imine (C=N–C) groups is 1. The van der Waals surface area contributed by atoms with E-state index >= 15 is 0 Å². The summed E-state index contributed by atoms with van der Waals surface area (Å²) in [6.07, 6.45) is 0.919. The lowest BCUT2D eigenvalue weighted by atomic mass is 10.0. The van der Waals surface area contributed by atoms with Crippen LogP contribution in [0, 0.1) is 12.8 Å². The van der Waals surface area contributed by atoms with Crippen LogP contribution in [0.1, 0.15) is 24.5 Å². The average molecular weight is 481 g/mol. The number of nitrogens with one attached hydrogen (secondary N) is 2. The first-order chi connectivity index (χ1) is 11.6. The lowest BCUT2D eigenvalue weighted by Crippen LogP contribution is -2.52. The highest BCUT2D eigenvalue weighted by molar-refractivity contribution is 14.0. The number of nitrogens with zero attached hydrogens (tertiary/aromatic N) is 3. The Bertz CT molecular complexity index is 517. The van der Waals surface area contributed by atoms with Crippen molar-refractivity contribution in [3.05, 3.63) is 16.1 Å². The van der Waals surface area contributed by atoms with E-state index in [4.69, 9.17) is 4.74 Å². The molecule has 25 heavy (non-hydrogen) atoms. The average Bonchev–Trinajstić information content (AvgIpc) is 2.99. The van der Waals surface area contributed by atoms with Gasteiger partial charge in [0.1, 0.15) is 0 Å². The molecule has 8 heteroatoms. The highest BCUT2D eigenvalue weighted by Gasteiger charge is 2.23. The van der Waals surface area contributed by atoms with Gasteiger partial charge in [-0.25, -0.2) is 4.98 Å². The van der Waals surface area contributed by atoms with Crippen molar-refractivity contribution in [1.82, 2.24) is 20.5 Å². The van der Waals surface area contributed by atoms with Crippen molar-refractivity contribution >= 4 is 41.3 Å². The number of morpholine rings is 1. The molecular formula is C17H32IN5OS. The SMILES string of the molecule is CN=C(NCCc1csc(C)n1)NCC(C(C)C)N1CCOCC1.I. The minimum absolute atomic E-state index is 0. The summed E-state index contributed by atoms with van der Waals surface area (Å²) in [4.78, 5) is 11.3. The number of hydrogen-bond donors (Lipinski definition) is 2. The molecule has 2 heterocycles. The largest absolute Gasteiger partial charge is 0.379 e. The van der Waals surface area contributed by atoms with Gasteiger partial charge in [-0.1, -0.05) is 13.8 Å². The van der Waals surface area contributed by atoms with Crippen molar-refractivity contribution in [2.45, 2.75) is 33.2 Å². The van der Waals surface area contributed by atoms with Gasteiger partial charge in [-0.2, -0.15) is 0 Å². The molecule has 0 radical (unpaired) electrons. The van der Waals surface area contributed by atoms with Gasteiger partial charge >= 0.3 is 0 Å². The monoisotopic (exact) mass is 481 g/mol. The molecule has 0 aromatic carbocycles. The molecule has 1 fully saturated rings. The molecule has 144 valence electrons. The lowest BCUT2D eigenvalue weighted by molar-refractivity contribution is 0.00752. The van der Waals surface area contributed by atoms with E-state index in [0.29, 0.717) is 12.0 Å². The topological polar surface area (TPSA) is 61.8 Å². The van der Waals surface area contributed by atoms with Crippen LogP contribution >= 0.6 is 35.3 Å². The Morgan fingerprint density at radius 1 is 1.36 bits per heavy atom. The Kier molecular flexibility index (Phi) is 10.9. The standard InChI is InChI=1S/C17H31N5OS.HI/c1-13(2)16(22-7-9-23-10-8-22)11-20-17(18-4)19-6-5-15-12-24-14(3)21-15;/h12-13,16H,5-11H2,1-4H3,(H2,18,19,20);1H. The molecule has 0 saturated carbocycles. The van der Waals surface area contributed by atoms with Gasteiger partial charge in [0.15, 0.2) is 5.96 Å². The van der Waals surface area contributed by atoms with E-state index in [9.17, 15) is 0 Å². The fourth-order valence-electron chi connectivity index (χ4n) is 2.95. The van der Waals surface area contributed by atoms with Crippen LogP contribution in [0.25, 0.3) is 0 Å². The Balaban J connectivity index is 0.00000312. The molecule has 0 bridgehead atoms. The highest BCUT2D eigenvalue weighted by Crippen LogP contribution is 2.12. The number of halogens is 1. The molecule has 1 aromatic heterocycles. The van der Waals surface area contributed by atoms with Crippen LogP contribution < -0.4 is 10.6 Å². The molecule has 0 aliphatic carbocycles. The van der Waals surface area contributed by atoms with Gasteiger partial charge in [-0.15, -0.1) is 35.3 Å². The number of ether oxygens (including phenoxy) is 1. The normalized spacial score (nSPS) is 17.2. The van der Waals surface area contributed by atoms with E-state index in [1.807, 2.05) is 14.0 Å². The molecule has 1 aliphatic heterocycles. The first kappa shape index (κ1) is 22.6. The van der Waals surface area contributed by atoms with Crippen molar-refractivity contribution in [2.24, 2.45) is 10.9 Å². The quantitative estimate of drug-likeness (QED) is 0.355. The van der Waals surface area contributed by atoms with Crippen molar-refractivity contribution in [1.29, 1.82) is 0 Å². The van der Waals surface area contributed by atoms with Crippen LogP contribution in [-0.4, -0.2) is 68.3 Å². The van der Waals surface area contributed by atoms with Crippen LogP contribution in [0.4, 0.5) is 0 Å². The highest BCUT2D eigenvalue weighted by atomic mass is 127. The van der Waals surface area contributed by atoms with Crippen molar-refractivity contribution in [3.8, 4) is 0 Å². The maximum atomic E-state index is 5.47. The summed E-state index contributed by atoms with van der Waals surface area (Å²) in [7, 11) is 1.82. The van der Waals surface area contributed by atoms with Crippen LogP contribution in [-0.2, 0) is 11.2 Å². The fourth-order valence-corrected chi connectivity index (χ4v) is 3.60. The molecule has 6 nitrogen and oxygen atoms in total. The zero-order chi connectivity index (χ0) is 17.4. The summed E-state index contributed by atoms with van der Waals surface area (Å²) in [6.45, 7) is 12.0. The van der Waals surface area contributed by atoms with Crippen LogP contribution in [0.2, 0.25) is 0 Å². The number of aromatic nitrogens is 1. The van der Waals surface area contributed by atoms with E-state index in [1.165, 1.54) is 0 Å². The van der Waals surface area contributed by atoms with Gasteiger partial charge < -0.3 is 15.4 Å². The first-order valence-electron chi connectivity index (χ1n) is 8.77.